The van der Waals surface area contributed by atoms with E-state index < -0.39 is 8.87 Å². The van der Waals surface area contributed by atoms with Crippen molar-refractivity contribution >= 4 is 19.7 Å². The molecule has 0 unspecified atom stereocenters. The van der Waals surface area contributed by atoms with Gasteiger partial charge in [0.05, 0.1) is 0 Å². The molecule has 0 aliphatic heterocycles. The van der Waals surface area contributed by atoms with Gasteiger partial charge in [-0.25, -0.2) is 8.42 Å². The molecular weight excluding hydrogens is 228 g/mol. The second kappa shape index (κ2) is 8.45. The zero-order valence-corrected chi connectivity index (χ0v) is 12.6. The van der Waals surface area contributed by atoms with Gasteiger partial charge in [-0.3, -0.25) is 0 Å². The highest BCUT2D eigenvalue weighted by atomic mass is 33.1. The molecule has 4 heteroatoms. The molecular formula is C11H26O2S2. The first-order valence-corrected chi connectivity index (χ1v) is 8.98. The Hall–Kier alpha value is 0.300. The van der Waals surface area contributed by atoms with Gasteiger partial charge in [0, 0.05) is 12.0 Å². The fourth-order valence-corrected chi connectivity index (χ4v) is 2.68. The molecule has 0 rings (SSSR count). The quantitative estimate of drug-likeness (QED) is 0.697. The van der Waals surface area contributed by atoms with Gasteiger partial charge >= 0.3 is 0 Å². The Bertz CT molecular complexity index is 221. The van der Waals surface area contributed by atoms with Crippen LogP contribution in [0.1, 0.15) is 53.9 Å². The maximum absolute atomic E-state index is 10.2. The molecule has 0 atom stereocenters. The average molecular weight is 254 g/mol. The summed E-state index contributed by atoms with van der Waals surface area (Å²) in [5.41, 5.74) is 0.625. The Balaban J connectivity index is 0. The van der Waals surface area contributed by atoms with Crippen molar-refractivity contribution in [1.82, 2.24) is 0 Å². The van der Waals surface area contributed by atoms with E-state index in [1.54, 1.807) is 0 Å². The molecule has 0 saturated heterocycles. The summed E-state index contributed by atoms with van der Waals surface area (Å²) >= 11 is 0. The molecule has 0 aliphatic rings. The third-order valence-corrected chi connectivity index (χ3v) is 5.55. The van der Waals surface area contributed by atoms with Gasteiger partial charge in [0.15, 0.2) is 8.87 Å². The molecule has 0 N–H and O–H groups in total. The fourth-order valence-electron chi connectivity index (χ4n) is 0.964. The predicted octanol–water partition coefficient (Wildman–Crippen LogP) is 3.92. The molecule has 0 aromatic carbocycles. The van der Waals surface area contributed by atoms with Crippen LogP contribution in [0.15, 0.2) is 0 Å². The fraction of sp³-hybridized carbons (Fsp3) is 1.00. The van der Waals surface area contributed by atoms with E-state index in [0.29, 0.717) is 11.2 Å². The summed E-state index contributed by atoms with van der Waals surface area (Å²) in [4.78, 5) is 0. The molecule has 0 spiro atoms. The van der Waals surface area contributed by atoms with Crippen LogP contribution in [-0.4, -0.2) is 20.4 Å². The minimum Gasteiger partial charge on any atom is -0.218 e. The lowest BCUT2D eigenvalue weighted by Gasteiger charge is -2.23. The van der Waals surface area contributed by atoms with Crippen LogP contribution in [0.4, 0.5) is 0 Å². The Morgan fingerprint density at radius 1 is 1.00 bits per heavy atom. The van der Waals surface area contributed by atoms with Crippen LogP contribution in [0.5, 0.6) is 0 Å². The van der Waals surface area contributed by atoms with E-state index >= 15 is 0 Å². The maximum atomic E-state index is 10.2. The molecule has 0 heterocycles. The van der Waals surface area contributed by atoms with E-state index in [4.69, 9.17) is 0 Å². The smallest absolute Gasteiger partial charge is 0.198 e. The van der Waals surface area contributed by atoms with Crippen LogP contribution in [0.2, 0.25) is 0 Å². The van der Waals surface area contributed by atoms with E-state index in [-0.39, 0.29) is 0 Å². The van der Waals surface area contributed by atoms with Gasteiger partial charge in [-0.05, 0) is 16.2 Å². The lowest BCUT2D eigenvalue weighted by molar-refractivity contribution is 0.286. The van der Waals surface area contributed by atoms with Gasteiger partial charge in [-0.15, -0.1) is 0 Å². The summed E-state index contributed by atoms with van der Waals surface area (Å²) in [7, 11) is -1.80. The van der Waals surface area contributed by atoms with Crippen molar-refractivity contribution in [2.24, 2.45) is 5.41 Å². The van der Waals surface area contributed by atoms with Crippen LogP contribution < -0.4 is 0 Å². The summed E-state index contributed by atoms with van der Waals surface area (Å²) in [6.07, 6.45) is 5.17. The summed E-state index contributed by atoms with van der Waals surface area (Å²) in [5.74, 6) is 0.638. The zero-order valence-electron chi connectivity index (χ0n) is 11.0. The van der Waals surface area contributed by atoms with E-state index in [1.807, 2.05) is 6.92 Å². The molecule has 0 radical (unpaired) electrons. The lowest BCUT2D eigenvalue weighted by Crippen LogP contribution is -2.10. The van der Waals surface area contributed by atoms with Crippen LogP contribution >= 0.6 is 10.8 Å². The Kier molecular flexibility index (Phi) is 9.97. The molecule has 0 aliphatic carbocycles. The summed E-state index contributed by atoms with van der Waals surface area (Å²) in [6.45, 7) is 11.0. The maximum Gasteiger partial charge on any atom is 0.198 e. The molecule has 0 amide bonds. The number of rotatable bonds is 5. The van der Waals surface area contributed by atoms with Crippen LogP contribution in [-0.2, 0) is 8.87 Å². The first-order valence-electron chi connectivity index (χ1n) is 5.59. The van der Waals surface area contributed by atoms with Crippen molar-refractivity contribution < 1.29 is 8.42 Å². The second-order valence-electron chi connectivity index (χ2n) is 3.98. The minimum absolute atomic E-state index is 0.625. The third-order valence-electron chi connectivity index (χ3n) is 2.89. The zero-order chi connectivity index (χ0) is 12.5. The highest BCUT2D eigenvalue weighted by molar-refractivity contribution is 8.71. The third kappa shape index (κ3) is 12.2. The van der Waals surface area contributed by atoms with Crippen molar-refractivity contribution in [3.63, 3.8) is 0 Å². The Morgan fingerprint density at radius 3 is 1.33 bits per heavy atom. The molecule has 0 aromatic heterocycles. The van der Waals surface area contributed by atoms with Crippen LogP contribution in [0.3, 0.4) is 0 Å². The molecule has 0 bridgehead atoms. The summed E-state index contributed by atoms with van der Waals surface area (Å²) < 4.78 is 20.4. The number of hydrogen-bond donors (Lipinski definition) is 0. The monoisotopic (exact) mass is 254 g/mol. The lowest BCUT2D eigenvalue weighted by atomic mass is 9.82. The van der Waals surface area contributed by atoms with E-state index in [2.05, 4.69) is 27.7 Å². The predicted molar refractivity (Wildman–Crippen MR) is 72.0 cm³/mol. The summed E-state index contributed by atoms with van der Waals surface area (Å²) in [5, 5.41) is 0. The van der Waals surface area contributed by atoms with Crippen molar-refractivity contribution in [2.45, 2.75) is 53.9 Å². The van der Waals surface area contributed by atoms with Crippen LogP contribution in [0, 0.1) is 5.41 Å². The van der Waals surface area contributed by atoms with Crippen molar-refractivity contribution in [3.05, 3.63) is 0 Å². The van der Waals surface area contributed by atoms with Gasteiger partial charge in [-0.2, -0.15) is 0 Å². The van der Waals surface area contributed by atoms with Gasteiger partial charge in [0.25, 0.3) is 0 Å². The molecule has 0 fully saturated rings. The Morgan fingerprint density at radius 2 is 1.33 bits per heavy atom. The summed E-state index contributed by atoms with van der Waals surface area (Å²) in [6, 6.07) is 0. The van der Waals surface area contributed by atoms with Crippen molar-refractivity contribution in [3.8, 4) is 0 Å². The van der Waals surface area contributed by atoms with Crippen LogP contribution in [0.25, 0.3) is 0 Å². The molecule has 0 aromatic rings. The first kappa shape index (κ1) is 17.7. The highest BCUT2D eigenvalue weighted by Crippen LogP contribution is 2.28. The SMILES string of the molecule is CCC(C)(CC)CC.CCSS(C)(=O)=O. The largest absolute Gasteiger partial charge is 0.218 e. The second-order valence-corrected chi connectivity index (χ2v) is 8.73. The molecule has 0 saturated carbocycles. The minimum atomic E-state index is -2.76. The van der Waals surface area contributed by atoms with E-state index in [0.717, 1.165) is 10.8 Å². The topological polar surface area (TPSA) is 34.1 Å². The first-order chi connectivity index (χ1) is 6.74. The van der Waals surface area contributed by atoms with Gasteiger partial charge in [0.2, 0.25) is 0 Å². The normalized spacial score (nSPS) is 11.9. The van der Waals surface area contributed by atoms with Gasteiger partial charge < -0.3 is 0 Å². The van der Waals surface area contributed by atoms with E-state index in [1.165, 1.54) is 25.5 Å². The van der Waals surface area contributed by atoms with E-state index in [9.17, 15) is 8.42 Å². The highest BCUT2D eigenvalue weighted by Gasteiger charge is 2.15. The average Bonchev–Trinajstić information content (AvgIpc) is 2.16. The molecule has 94 valence electrons. The van der Waals surface area contributed by atoms with Crippen molar-refractivity contribution in [1.29, 1.82) is 0 Å². The number of hydrogen-bond acceptors (Lipinski definition) is 3. The Labute approximate surface area is 99.5 Å². The van der Waals surface area contributed by atoms with Gasteiger partial charge in [0.1, 0.15) is 0 Å². The molecule has 2 nitrogen and oxygen atoms in total. The molecule has 15 heavy (non-hydrogen) atoms. The standard InChI is InChI=1S/C8H18.C3H8O2S2/c1-5-8(4,6-2)7-3;1-3-6-7(2,4)5/h5-7H2,1-4H3;3H2,1-2H3. The van der Waals surface area contributed by atoms with Gasteiger partial charge in [-0.1, -0.05) is 53.9 Å². The van der Waals surface area contributed by atoms with Crippen molar-refractivity contribution in [2.75, 3.05) is 12.0 Å².